The van der Waals surface area contributed by atoms with Crippen LogP contribution in [0.2, 0.25) is 4.34 Å². The van der Waals surface area contributed by atoms with Crippen molar-refractivity contribution in [3.63, 3.8) is 0 Å². The second kappa shape index (κ2) is 6.20. The van der Waals surface area contributed by atoms with Gasteiger partial charge in [-0.15, -0.1) is 11.3 Å². The van der Waals surface area contributed by atoms with Gasteiger partial charge >= 0.3 is 0 Å². The van der Waals surface area contributed by atoms with Crippen LogP contribution in [0.4, 0.5) is 0 Å². The summed E-state index contributed by atoms with van der Waals surface area (Å²) >= 11 is 7.34. The summed E-state index contributed by atoms with van der Waals surface area (Å²) in [6.45, 7) is 0.873. The maximum atomic E-state index is 12.0. The summed E-state index contributed by atoms with van der Waals surface area (Å²) in [6.07, 6.45) is 0. The lowest BCUT2D eigenvalue weighted by atomic mass is 10.3. The first-order valence-corrected chi connectivity index (χ1v) is 7.66. The van der Waals surface area contributed by atoms with Gasteiger partial charge in [-0.05, 0) is 24.3 Å². The number of fused-ring (bicyclic) bond motifs is 1. The van der Waals surface area contributed by atoms with Gasteiger partial charge in [-0.3, -0.25) is 4.79 Å². The predicted octanol–water partition coefficient (Wildman–Crippen LogP) is 3.69. The van der Waals surface area contributed by atoms with E-state index in [1.807, 2.05) is 36.4 Å². The van der Waals surface area contributed by atoms with E-state index in [2.05, 4.69) is 10.3 Å². The Balaban J connectivity index is 1.50. The van der Waals surface area contributed by atoms with E-state index in [0.29, 0.717) is 23.2 Å². The fourth-order valence-corrected chi connectivity index (χ4v) is 3.10. The minimum Gasteiger partial charge on any atom is -0.492 e. The molecule has 0 spiro atoms. The van der Waals surface area contributed by atoms with Gasteiger partial charge in [-0.1, -0.05) is 29.8 Å². The topological polar surface area (TPSA) is 54.1 Å². The Morgan fingerprint density at radius 1 is 1.29 bits per heavy atom. The first-order chi connectivity index (χ1) is 10.2. The molecule has 2 heterocycles. The molecule has 0 saturated heterocycles. The van der Waals surface area contributed by atoms with Crippen LogP contribution in [0.3, 0.4) is 0 Å². The maximum Gasteiger partial charge on any atom is 0.267 e. The molecule has 0 saturated carbocycles. The molecule has 3 rings (SSSR count). The molecule has 0 bridgehead atoms. The number of ether oxygens (including phenoxy) is 1. The van der Waals surface area contributed by atoms with Crippen LogP contribution in [0, 0.1) is 0 Å². The molecule has 6 heteroatoms. The molecule has 3 aromatic rings. The molecule has 0 atom stereocenters. The van der Waals surface area contributed by atoms with Crippen LogP contribution < -0.4 is 10.1 Å². The second-order valence-corrected chi connectivity index (χ2v) is 6.14. The highest BCUT2D eigenvalue weighted by molar-refractivity contribution is 7.22. The van der Waals surface area contributed by atoms with Gasteiger partial charge in [0.25, 0.3) is 5.91 Å². The summed E-state index contributed by atoms with van der Waals surface area (Å²) in [5.41, 5.74) is 1.42. The number of rotatable bonds is 5. The second-order valence-electron chi connectivity index (χ2n) is 4.43. The Morgan fingerprint density at radius 2 is 2.10 bits per heavy atom. The Hall–Kier alpha value is -1.98. The number of para-hydroxylation sites is 1. The summed E-state index contributed by atoms with van der Waals surface area (Å²) in [5, 5.41) is 2.81. The fraction of sp³-hybridized carbons (Fsp3) is 0.133. The van der Waals surface area contributed by atoms with Crippen LogP contribution in [0.1, 0.15) is 10.5 Å². The number of hydrogen-bond donors (Lipinski definition) is 2. The molecular formula is C15H13ClN2O2S. The monoisotopic (exact) mass is 320 g/mol. The van der Waals surface area contributed by atoms with E-state index >= 15 is 0 Å². The Bertz CT molecular complexity index is 720. The zero-order chi connectivity index (χ0) is 14.7. The number of amides is 1. The first kappa shape index (κ1) is 14.0. The molecule has 1 aromatic carbocycles. The SMILES string of the molecule is O=C(NCCOc1ccccc1)c1cc2sc(Cl)cc2[nH]1. The van der Waals surface area contributed by atoms with Crippen molar-refractivity contribution in [1.82, 2.24) is 10.3 Å². The first-order valence-electron chi connectivity index (χ1n) is 6.46. The number of aromatic nitrogens is 1. The third-order valence-corrected chi connectivity index (χ3v) is 4.13. The fourth-order valence-electron chi connectivity index (χ4n) is 1.96. The van der Waals surface area contributed by atoms with Gasteiger partial charge < -0.3 is 15.0 Å². The van der Waals surface area contributed by atoms with Crippen molar-refractivity contribution >= 4 is 39.1 Å². The molecule has 4 nitrogen and oxygen atoms in total. The Labute approximate surface area is 130 Å². The number of hydrogen-bond acceptors (Lipinski definition) is 3. The van der Waals surface area contributed by atoms with E-state index in [4.69, 9.17) is 16.3 Å². The van der Waals surface area contributed by atoms with Crippen LogP contribution in [-0.2, 0) is 0 Å². The summed E-state index contributed by atoms with van der Waals surface area (Å²) in [6, 6.07) is 13.1. The van der Waals surface area contributed by atoms with Crippen molar-refractivity contribution < 1.29 is 9.53 Å². The largest absolute Gasteiger partial charge is 0.492 e. The van der Waals surface area contributed by atoms with E-state index in [1.54, 1.807) is 6.07 Å². The zero-order valence-corrected chi connectivity index (χ0v) is 12.6. The molecule has 0 fully saturated rings. The van der Waals surface area contributed by atoms with E-state index in [9.17, 15) is 4.79 Å². The number of H-pyrrole nitrogens is 1. The molecule has 1 amide bonds. The zero-order valence-electron chi connectivity index (χ0n) is 11.1. The third-order valence-electron chi connectivity index (χ3n) is 2.92. The lowest BCUT2D eigenvalue weighted by Crippen LogP contribution is -2.28. The van der Waals surface area contributed by atoms with Crippen molar-refractivity contribution in [2.24, 2.45) is 0 Å². The Morgan fingerprint density at radius 3 is 2.86 bits per heavy atom. The quantitative estimate of drug-likeness (QED) is 0.704. The van der Waals surface area contributed by atoms with Crippen LogP contribution in [-0.4, -0.2) is 24.0 Å². The molecule has 0 aliphatic heterocycles. The van der Waals surface area contributed by atoms with Gasteiger partial charge in [-0.2, -0.15) is 0 Å². The van der Waals surface area contributed by atoms with Gasteiger partial charge in [0.05, 0.1) is 21.1 Å². The summed E-state index contributed by atoms with van der Waals surface area (Å²) < 4.78 is 7.20. The average molecular weight is 321 g/mol. The smallest absolute Gasteiger partial charge is 0.267 e. The molecule has 0 aliphatic rings. The molecule has 108 valence electrons. The predicted molar refractivity (Wildman–Crippen MR) is 85.5 cm³/mol. The lowest BCUT2D eigenvalue weighted by molar-refractivity contribution is 0.0943. The van der Waals surface area contributed by atoms with E-state index < -0.39 is 0 Å². The van der Waals surface area contributed by atoms with Crippen LogP contribution in [0.15, 0.2) is 42.5 Å². The number of benzene rings is 1. The van der Waals surface area contributed by atoms with Gasteiger partial charge in [0.15, 0.2) is 0 Å². The van der Waals surface area contributed by atoms with Crippen molar-refractivity contribution in [3.8, 4) is 5.75 Å². The highest BCUT2D eigenvalue weighted by atomic mass is 35.5. The highest BCUT2D eigenvalue weighted by Gasteiger charge is 2.10. The van der Waals surface area contributed by atoms with Gasteiger partial charge in [-0.25, -0.2) is 0 Å². The number of halogens is 1. The summed E-state index contributed by atoms with van der Waals surface area (Å²) in [7, 11) is 0. The molecule has 0 unspecified atom stereocenters. The summed E-state index contributed by atoms with van der Waals surface area (Å²) in [5.74, 6) is 0.646. The average Bonchev–Trinajstić information content (AvgIpc) is 3.02. The van der Waals surface area contributed by atoms with Crippen LogP contribution in [0.5, 0.6) is 5.75 Å². The van der Waals surface area contributed by atoms with E-state index in [1.165, 1.54) is 11.3 Å². The number of aromatic amines is 1. The van der Waals surface area contributed by atoms with Crippen molar-refractivity contribution in [2.75, 3.05) is 13.2 Å². The van der Waals surface area contributed by atoms with E-state index in [0.717, 1.165) is 16.0 Å². The van der Waals surface area contributed by atoms with Crippen molar-refractivity contribution in [2.45, 2.75) is 0 Å². The van der Waals surface area contributed by atoms with Crippen LogP contribution in [0.25, 0.3) is 10.2 Å². The van der Waals surface area contributed by atoms with Crippen molar-refractivity contribution in [1.29, 1.82) is 0 Å². The summed E-state index contributed by atoms with van der Waals surface area (Å²) in [4.78, 5) is 15.0. The minimum atomic E-state index is -0.147. The normalized spacial score (nSPS) is 10.7. The molecule has 0 radical (unpaired) electrons. The molecule has 2 aromatic heterocycles. The molecule has 0 aliphatic carbocycles. The van der Waals surface area contributed by atoms with Crippen LogP contribution >= 0.6 is 22.9 Å². The minimum absolute atomic E-state index is 0.147. The number of carbonyl (C=O) groups excluding carboxylic acids is 1. The number of nitrogens with one attached hydrogen (secondary N) is 2. The number of thiophene rings is 1. The van der Waals surface area contributed by atoms with Gasteiger partial charge in [0.1, 0.15) is 18.1 Å². The molecule has 21 heavy (non-hydrogen) atoms. The van der Waals surface area contributed by atoms with Crippen molar-refractivity contribution in [3.05, 3.63) is 52.5 Å². The standard InChI is InChI=1S/C15H13ClN2O2S/c16-14-9-11-13(21-14)8-12(18-11)15(19)17-6-7-20-10-4-2-1-3-5-10/h1-5,8-9,18H,6-7H2,(H,17,19). The third kappa shape index (κ3) is 3.37. The lowest BCUT2D eigenvalue weighted by Gasteiger charge is -2.06. The van der Waals surface area contributed by atoms with Gasteiger partial charge in [0.2, 0.25) is 0 Å². The highest BCUT2D eigenvalue weighted by Crippen LogP contribution is 2.29. The Kier molecular flexibility index (Phi) is 4.13. The van der Waals surface area contributed by atoms with Gasteiger partial charge in [0, 0.05) is 0 Å². The maximum absolute atomic E-state index is 12.0. The van der Waals surface area contributed by atoms with E-state index in [-0.39, 0.29) is 5.91 Å². The molecule has 2 N–H and O–H groups in total. The number of carbonyl (C=O) groups is 1. The molecular weight excluding hydrogens is 308 g/mol.